The molecule has 0 spiro atoms. The molecule has 0 aliphatic rings. The Bertz CT molecular complexity index is 507. The number of hydrogen-bond donors (Lipinski definition) is 0. The summed E-state index contributed by atoms with van der Waals surface area (Å²) in [5.74, 6) is 0.555. The summed E-state index contributed by atoms with van der Waals surface area (Å²) in [6.45, 7) is 2.17. The van der Waals surface area contributed by atoms with E-state index in [0.29, 0.717) is 18.1 Å². The average Bonchev–Trinajstić information content (AvgIpc) is 2.86. The highest BCUT2D eigenvalue weighted by atomic mass is 16.5. The molecule has 5 heteroatoms. The van der Waals surface area contributed by atoms with Gasteiger partial charge in [0.15, 0.2) is 17.8 Å². The fraction of sp³-hybridized carbons (Fsp3) is 0.231. The molecule has 0 aliphatic carbocycles. The Labute approximate surface area is 104 Å². The Kier molecular flexibility index (Phi) is 3.96. The first kappa shape index (κ1) is 12.2. The molecule has 5 nitrogen and oxygen atoms in total. The summed E-state index contributed by atoms with van der Waals surface area (Å²) in [6, 6.07) is 9.26. The average molecular weight is 247 g/mol. The van der Waals surface area contributed by atoms with Gasteiger partial charge in [0.2, 0.25) is 0 Å². The van der Waals surface area contributed by atoms with Crippen LogP contribution in [0, 0.1) is 0 Å². The van der Waals surface area contributed by atoms with Crippen LogP contribution in [0.3, 0.4) is 0 Å². The smallest absolute Gasteiger partial charge is 0.360 e. The molecule has 2 aromatic rings. The molecule has 1 aromatic heterocycles. The van der Waals surface area contributed by atoms with Crippen LogP contribution in [0.1, 0.15) is 23.2 Å². The Balaban J connectivity index is 2.02. The maximum atomic E-state index is 11.5. The lowest BCUT2D eigenvalue weighted by Gasteiger charge is -2.04. The molecule has 0 amide bonds. The SMILES string of the molecule is CCOC(=O)c1ncoc1COc1ccccc1. The van der Waals surface area contributed by atoms with Crippen molar-refractivity contribution in [1.29, 1.82) is 0 Å². The van der Waals surface area contributed by atoms with E-state index in [1.807, 2.05) is 30.3 Å². The standard InChI is InChI=1S/C13H13NO4/c1-2-16-13(15)12-11(18-9-14-12)8-17-10-6-4-3-5-7-10/h3-7,9H,2,8H2,1H3. The van der Waals surface area contributed by atoms with Crippen molar-refractivity contribution in [3.63, 3.8) is 0 Å². The summed E-state index contributed by atoms with van der Waals surface area (Å²) in [5.41, 5.74) is 0.160. The Morgan fingerprint density at radius 1 is 1.33 bits per heavy atom. The van der Waals surface area contributed by atoms with Gasteiger partial charge in [-0.05, 0) is 19.1 Å². The van der Waals surface area contributed by atoms with E-state index >= 15 is 0 Å². The van der Waals surface area contributed by atoms with Gasteiger partial charge in [0.1, 0.15) is 12.4 Å². The minimum atomic E-state index is -0.502. The fourth-order valence-electron chi connectivity index (χ4n) is 1.40. The van der Waals surface area contributed by atoms with Gasteiger partial charge in [0, 0.05) is 0 Å². The van der Waals surface area contributed by atoms with Crippen LogP contribution in [-0.4, -0.2) is 17.6 Å². The van der Waals surface area contributed by atoms with Gasteiger partial charge in [-0.2, -0.15) is 0 Å². The van der Waals surface area contributed by atoms with Crippen LogP contribution in [0.15, 0.2) is 41.1 Å². The van der Waals surface area contributed by atoms with Crippen molar-refractivity contribution in [1.82, 2.24) is 4.98 Å². The third-order valence-corrected chi connectivity index (χ3v) is 2.22. The number of ether oxygens (including phenoxy) is 2. The number of carbonyl (C=O) groups is 1. The van der Waals surface area contributed by atoms with Gasteiger partial charge < -0.3 is 13.9 Å². The molecule has 1 heterocycles. The van der Waals surface area contributed by atoms with E-state index in [1.165, 1.54) is 6.39 Å². The molecule has 0 radical (unpaired) electrons. The number of aromatic nitrogens is 1. The van der Waals surface area contributed by atoms with E-state index in [1.54, 1.807) is 6.92 Å². The van der Waals surface area contributed by atoms with Gasteiger partial charge >= 0.3 is 5.97 Å². The summed E-state index contributed by atoms with van der Waals surface area (Å²) in [6.07, 6.45) is 1.20. The van der Waals surface area contributed by atoms with E-state index < -0.39 is 5.97 Å². The number of esters is 1. The van der Waals surface area contributed by atoms with E-state index in [0.717, 1.165) is 0 Å². The van der Waals surface area contributed by atoms with Crippen LogP contribution >= 0.6 is 0 Å². The molecule has 18 heavy (non-hydrogen) atoms. The molecule has 0 fully saturated rings. The summed E-state index contributed by atoms with van der Waals surface area (Å²) in [5, 5.41) is 0. The van der Waals surface area contributed by atoms with Crippen molar-refractivity contribution >= 4 is 5.97 Å². The first-order chi connectivity index (χ1) is 8.81. The van der Waals surface area contributed by atoms with Crippen LogP contribution in [0.2, 0.25) is 0 Å². The van der Waals surface area contributed by atoms with Crippen LogP contribution in [-0.2, 0) is 11.3 Å². The number of benzene rings is 1. The van der Waals surface area contributed by atoms with E-state index in [9.17, 15) is 4.79 Å². The van der Waals surface area contributed by atoms with Gasteiger partial charge in [0.05, 0.1) is 6.61 Å². The van der Waals surface area contributed by atoms with Crippen molar-refractivity contribution in [3.05, 3.63) is 48.2 Å². The zero-order valence-corrected chi connectivity index (χ0v) is 9.96. The van der Waals surface area contributed by atoms with Gasteiger partial charge in [0.25, 0.3) is 0 Å². The molecule has 0 saturated carbocycles. The lowest BCUT2D eigenvalue weighted by molar-refractivity contribution is 0.0515. The molecule has 0 aliphatic heterocycles. The van der Waals surface area contributed by atoms with Crippen molar-refractivity contribution in [2.45, 2.75) is 13.5 Å². The van der Waals surface area contributed by atoms with Crippen LogP contribution in [0.4, 0.5) is 0 Å². The summed E-state index contributed by atoms with van der Waals surface area (Å²) in [7, 11) is 0. The van der Waals surface area contributed by atoms with Crippen molar-refractivity contribution in [3.8, 4) is 5.75 Å². The Morgan fingerprint density at radius 3 is 2.83 bits per heavy atom. The number of hydrogen-bond acceptors (Lipinski definition) is 5. The number of rotatable bonds is 5. The second kappa shape index (κ2) is 5.86. The molecule has 0 saturated heterocycles. The van der Waals surface area contributed by atoms with Gasteiger partial charge in [-0.3, -0.25) is 0 Å². The number of oxazole rings is 1. The molecule has 1 aromatic carbocycles. The Hall–Kier alpha value is -2.30. The third-order valence-electron chi connectivity index (χ3n) is 2.22. The summed E-state index contributed by atoms with van der Waals surface area (Å²) < 4.78 is 15.5. The number of carbonyl (C=O) groups excluding carboxylic acids is 1. The molecular weight excluding hydrogens is 234 g/mol. The summed E-state index contributed by atoms with van der Waals surface area (Å²) >= 11 is 0. The zero-order valence-electron chi connectivity index (χ0n) is 9.96. The minimum absolute atomic E-state index is 0.137. The maximum Gasteiger partial charge on any atom is 0.360 e. The highest BCUT2D eigenvalue weighted by Crippen LogP contribution is 2.14. The molecule has 0 bridgehead atoms. The van der Waals surface area contributed by atoms with Crippen molar-refractivity contribution in [2.75, 3.05) is 6.61 Å². The molecule has 2 rings (SSSR count). The lowest BCUT2D eigenvalue weighted by Crippen LogP contribution is -2.09. The van der Waals surface area contributed by atoms with E-state index in [2.05, 4.69) is 4.98 Å². The predicted molar refractivity (Wildman–Crippen MR) is 63.2 cm³/mol. The first-order valence-corrected chi connectivity index (χ1v) is 5.58. The van der Waals surface area contributed by atoms with E-state index in [-0.39, 0.29) is 12.3 Å². The highest BCUT2D eigenvalue weighted by Gasteiger charge is 2.18. The monoisotopic (exact) mass is 247 g/mol. The van der Waals surface area contributed by atoms with Gasteiger partial charge in [-0.1, -0.05) is 18.2 Å². The topological polar surface area (TPSA) is 61.6 Å². The van der Waals surface area contributed by atoms with Crippen LogP contribution in [0.25, 0.3) is 0 Å². The summed E-state index contributed by atoms with van der Waals surface area (Å²) in [4.78, 5) is 15.4. The van der Waals surface area contributed by atoms with Gasteiger partial charge in [-0.15, -0.1) is 0 Å². The largest absolute Gasteiger partial charge is 0.486 e. The number of para-hydroxylation sites is 1. The fourth-order valence-corrected chi connectivity index (χ4v) is 1.40. The third kappa shape index (κ3) is 2.88. The van der Waals surface area contributed by atoms with Crippen molar-refractivity contribution in [2.24, 2.45) is 0 Å². The first-order valence-electron chi connectivity index (χ1n) is 5.58. The molecule has 94 valence electrons. The van der Waals surface area contributed by atoms with Crippen molar-refractivity contribution < 1.29 is 18.7 Å². The van der Waals surface area contributed by atoms with Crippen LogP contribution in [0.5, 0.6) is 5.75 Å². The molecule has 0 atom stereocenters. The van der Waals surface area contributed by atoms with E-state index in [4.69, 9.17) is 13.9 Å². The molecule has 0 unspecified atom stereocenters. The maximum absolute atomic E-state index is 11.5. The molecular formula is C13H13NO4. The highest BCUT2D eigenvalue weighted by molar-refractivity contribution is 5.88. The number of nitrogens with zero attached hydrogens (tertiary/aromatic N) is 1. The zero-order chi connectivity index (χ0) is 12.8. The molecule has 0 N–H and O–H groups in total. The predicted octanol–water partition coefficient (Wildman–Crippen LogP) is 2.43. The lowest BCUT2D eigenvalue weighted by atomic mass is 10.3. The second-order valence-electron chi connectivity index (χ2n) is 3.45. The second-order valence-corrected chi connectivity index (χ2v) is 3.45. The quantitative estimate of drug-likeness (QED) is 0.759. The van der Waals surface area contributed by atoms with Gasteiger partial charge in [-0.25, -0.2) is 9.78 Å². The van der Waals surface area contributed by atoms with Crippen LogP contribution < -0.4 is 4.74 Å². The minimum Gasteiger partial charge on any atom is -0.486 e. The Morgan fingerprint density at radius 2 is 2.11 bits per heavy atom. The normalized spacial score (nSPS) is 10.1.